The molecule has 1 aromatic rings. The summed E-state index contributed by atoms with van der Waals surface area (Å²) >= 11 is 0. The highest BCUT2D eigenvalue weighted by Crippen LogP contribution is 2.10. The quantitative estimate of drug-likeness (QED) is 0.407. The molecule has 0 fully saturated rings. The first-order valence-electron chi connectivity index (χ1n) is 9.59. The van der Waals surface area contributed by atoms with E-state index in [1.54, 1.807) is 13.1 Å². The van der Waals surface area contributed by atoms with Gasteiger partial charge in [-0.2, -0.15) is 0 Å². The van der Waals surface area contributed by atoms with Crippen LogP contribution in [0.1, 0.15) is 81.5 Å². The molecule has 0 saturated carbocycles. The summed E-state index contributed by atoms with van der Waals surface area (Å²) in [4.78, 5) is 26.8. The van der Waals surface area contributed by atoms with Crippen LogP contribution in [0, 0.1) is 0 Å². The van der Waals surface area contributed by atoms with Crippen LogP contribution in [0.5, 0.6) is 0 Å². The van der Waals surface area contributed by atoms with Gasteiger partial charge in [0.15, 0.2) is 0 Å². The van der Waals surface area contributed by atoms with Gasteiger partial charge >= 0.3 is 0 Å². The molecule has 0 heterocycles. The Bertz CT molecular complexity index is 512. The van der Waals surface area contributed by atoms with Gasteiger partial charge in [0.05, 0.1) is 0 Å². The number of benzene rings is 1. The lowest BCUT2D eigenvalue weighted by Crippen LogP contribution is -2.24. The lowest BCUT2D eigenvalue weighted by molar-refractivity contribution is -0.117. The molecule has 0 aliphatic rings. The number of nitrogens with one attached hydrogen (secondary N) is 1. The summed E-state index contributed by atoms with van der Waals surface area (Å²) in [5, 5.41) is 2.97. The summed E-state index contributed by atoms with van der Waals surface area (Å²) in [5.74, 6) is 0.0190. The number of nitrogens with zero attached hydrogens (tertiary/aromatic N) is 1. The SMILES string of the molecule is CC=NC(=O)CCCCCCCCCCCNC(=O)c1ccccc1. The van der Waals surface area contributed by atoms with Crippen molar-refractivity contribution < 1.29 is 9.59 Å². The Morgan fingerprint density at radius 3 is 2.04 bits per heavy atom. The fourth-order valence-corrected chi connectivity index (χ4v) is 2.74. The number of carbonyl (C=O) groups is 2. The lowest BCUT2D eigenvalue weighted by Gasteiger charge is -2.05. The average Bonchev–Trinajstić information content (AvgIpc) is 2.63. The third-order valence-corrected chi connectivity index (χ3v) is 4.16. The van der Waals surface area contributed by atoms with E-state index in [-0.39, 0.29) is 11.8 Å². The Labute approximate surface area is 152 Å². The van der Waals surface area contributed by atoms with Gasteiger partial charge in [0.2, 0.25) is 5.91 Å². The second kappa shape index (κ2) is 14.4. The smallest absolute Gasteiger partial charge is 0.251 e. The van der Waals surface area contributed by atoms with Crippen LogP contribution < -0.4 is 5.32 Å². The minimum absolute atomic E-state index is 0.00172. The molecule has 1 rings (SSSR count). The molecule has 0 atom stereocenters. The van der Waals surface area contributed by atoms with Crippen LogP contribution in [-0.2, 0) is 4.79 Å². The highest BCUT2D eigenvalue weighted by molar-refractivity contribution is 5.94. The van der Waals surface area contributed by atoms with Gasteiger partial charge in [-0.05, 0) is 31.9 Å². The second-order valence-corrected chi connectivity index (χ2v) is 6.33. The Balaban J connectivity index is 1.85. The van der Waals surface area contributed by atoms with Crippen molar-refractivity contribution in [2.75, 3.05) is 6.54 Å². The molecule has 0 spiro atoms. The summed E-state index contributed by atoms with van der Waals surface area (Å²) in [6, 6.07) is 9.35. The van der Waals surface area contributed by atoms with E-state index in [1.807, 2.05) is 30.3 Å². The lowest BCUT2D eigenvalue weighted by atomic mass is 10.1. The van der Waals surface area contributed by atoms with Gasteiger partial charge in [0, 0.05) is 24.7 Å². The number of carbonyl (C=O) groups excluding carboxylic acids is 2. The molecule has 0 aromatic heterocycles. The molecule has 2 amide bonds. The standard InChI is InChI=1S/C21H32N2O2/c1-2-22-20(24)17-13-8-6-4-3-5-7-9-14-18-23-21(25)19-15-11-10-12-16-19/h2,10-12,15-16H,3-9,13-14,17-18H2,1H3,(H,23,25). The molecule has 25 heavy (non-hydrogen) atoms. The largest absolute Gasteiger partial charge is 0.352 e. The van der Waals surface area contributed by atoms with Crippen LogP contribution in [-0.4, -0.2) is 24.6 Å². The van der Waals surface area contributed by atoms with Crippen molar-refractivity contribution in [2.45, 2.75) is 71.1 Å². The van der Waals surface area contributed by atoms with Gasteiger partial charge in [-0.15, -0.1) is 0 Å². The summed E-state index contributed by atoms with van der Waals surface area (Å²) in [5.41, 5.74) is 0.727. The maximum atomic E-state index is 11.8. The van der Waals surface area contributed by atoms with E-state index in [2.05, 4.69) is 10.3 Å². The third kappa shape index (κ3) is 11.2. The first-order chi connectivity index (χ1) is 12.2. The van der Waals surface area contributed by atoms with Gasteiger partial charge in [0.25, 0.3) is 5.91 Å². The highest BCUT2D eigenvalue weighted by Gasteiger charge is 2.02. The fraction of sp³-hybridized carbons (Fsp3) is 0.571. The van der Waals surface area contributed by atoms with Gasteiger partial charge in [-0.25, -0.2) is 4.99 Å². The topological polar surface area (TPSA) is 58.5 Å². The Hall–Kier alpha value is -1.97. The van der Waals surface area contributed by atoms with Crippen LogP contribution in [0.3, 0.4) is 0 Å². The van der Waals surface area contributed by atoms with Gasteiger partial charge in [-0.1, -0.05) is 63.1 Å². The van der Waals surface area contributed by atoms with E-state index in [0.717, 1.165) is 31.4 Å². The third-order valence-electron chi connectivity index (χ3n) is 4.16. The van der Waals surface area contributed by atoms with Gasteiger partial charge in [0.1, 0.15) is 0 Å². The van der Waals surface area contributed by atoms with Crippen LogP contribution in [0.2, 0.25) is 0 Å². The number of amides is 2. The summed E-state index contributed by atoms with van der Waals surface area (Å²) in [6.07, 6.45) is 12.6. The van der Waals surface area contributed by atoms with Crippen molar-refractivity contribution in [3.63, 3.8) is 0 Å². The molecule has 0 aliphatic heterocycles. The van der Waals surface area contributed by atoms with Crippen molar-refractivity contribution in [3.8, 4) is 0 Å². The normalized spacial score (nSPS) is 10.9. The van der Waals surface area contributed by atoms with E-state index in [0.29, 0.717) is 6.42 Å². The average molecular weight is 344 g/mol. The minimum atomic E-state index is 0.00172. The molecule has 0 unspecified atom stereocenters. The van der Waals surface area contributed by atoms with E-state index < -0.39 is 0 Å². The zero-order chi connectivity index (χ0) is 18.2. The number of hydrogen-bond donors (Lipinski definition) is 1. The maximum absolute atomic E-state index is 11.8. The molecule has 0 bridgehead atoms. The number of unbranched alkanes of at least 4 members (excludes halogenated alkanes) is 8. The van der Waals surface area contributed by atoms with Crippen LogP contribution in [0.15, 0.2) is 35.3 Å². The summed E-state index contributed by atoms with van der Waals surface area (Å²) in [7, 11) is 0. The Morgan fingerprint density at radius 1 is 0.880 bits per heavy atom. The molecule has 1 aromatic carbocycles. The van der Waals surface area contributed by atoms with Gasteiger partial charge in [-0.3, -0.25) is 9.59 Å². The molecule has 0 radical (unpaired) electrons. The van der Waals surface area contributed by atoms with E-state index in [9.17, 15) is 9.59 Å². The molecular formula is C21H32N2O2. The molecular weight excluding hydrogens is 312 g/mol. The van der Waals surface area contributed by atoms with Crippen molar-refractivity contribution in [1.82, 2.24) is 5.32 Å². The van der Waals surface area contributed by atoms with E-state index in [1.165, 1.54) is 38.5 Å². The van der Waals surface area contributed by atoms with Gasteiger partial charge < -0.3 is 5.32 Å². The first-order valence-corrected chi connectivity index (χ1v) is 9.59. The summed E-state index contributed by atoms with van der Waals surface area (Å²) < 4.78 is 0. The molecule has 0 saturated heterocycles. The minimum Gasteiger partial charge on any atom is -0.352 e. The van der Waals surface area contributed by atoms with Crippen molar-refractivity contribution >= 4 is 18.0 Å². The van der Waals surface area contributed by atoms with Crippen LogP contribution >= 0.6 is 0 Å². The van der Waals surface area contributed by atoms with Crippen molar-refractivity contribution in [2.24, 2.45) is 4.99 Å². The molecule has 4 nitrogen and oxygen atoms in total. The number of aliphatic imine (C=N–C) groups is 1. The monoisotopic (exact) mass is 344 g/mol. The van der Waals surface area contributed by atoms with Crippen LogP contribution in [0.25, 0.3) is 0 Å². The predicted octanol–water partition coefficient (Wildman–Crippen LogP) is 4.93. The van der Waals surface area contributed by atoms with Crippen molar-refractivity contribution in [3.05, 3.63) is 35.9 Å². The van der Waals surface area contributed by atoms with E-state index >= 15 is 0 Å². The zero-order valence-electron chi connectivity index (χ0n) is 15.5. The molecule has 1 N–H and O–H groups in total. The van der Waals surface area contributed by atoms with E-state index in [4.69, 9.17) is 0 Å². The van der Waals surface area contributed by atoms with Crippen molar-refractivity contribution in [1.29, 1.82) is 0 Å². The number of rotatable bonds is 13. The van der Waals surface area contributed by atoms with Crippen LogP contribution in [0.4, 0.5) is 0 Å². The molecule has 138 valence electrons. The first kappa shape index (κ1) is 21.1. The predicted molar refractivity (Wildman–Crippen MR) is 104 cm³/mol. The second-order valence-electron chi connectivity index (χ2n) is 6.33. The Kier molecular flexibility index (Phi) is 12.1. The fourth-order valence-electron chi connectivity index (χ4n) is 2.74. The highest BCUT2D eigenvalue weighted by atomic mass is 16.2. The summed E-state index contributed by atoms with van der Waals surface area (Å²) in [6.45, 7) is 2.52. The number of hydrogen-bond acceptors (Lipinski definition) is 2. The molecule has 4 heteroatoms. The maximum Gasteiger partial charge on any atom is 0.251 e. The molecule has 0 aliphatic carbocycles. The Morgan fingerprint density at radius 2 is 1.44 bits per heavy atom. The zero-order valence-corrected chi connectivity index (χ0v) is 15.5.